The van der Waals surface area contributed by atoms with Crippen LogP contribution in [0.25, 0.3) is 0 Å². The zero-order valence-electron chi connectivity index (χ0n) is 20.4. The van der Waals surface area contributed by atoms with E-state index >= 15 is 0 Å². The standard InChI is InChI=1S/C28H36N2O4/c1-28(2,3)34-27(33)30(25-18-24(25)22-7-5-4-6-8-22)23-13-15-29(16-14-23)19-21-11-9-20(10-12-21)17-26(31)32/h4-12,23-25H,13-19H2,1-3H3,(H,31,32)/t24-,25+/m0/s1. The van der Waals surface area contributed by atoms with Gasteiger partial charge in [-0.15, -0.1) is 0 Å². The SMILES string of the molecule is CC(C)(C)OC(=O)N(C1CCN(Cc2ccc(CC(=O)O)cc2)CC1)[C@@H]1C[C@H]1c1ccccc1. The smallest absolute Gasteiger partial charge is 0.410 e. The lowest BCUT2D eigenvalue weighted by molar-refractivity contribution is -0.136. The highest BCUT2D eigenvalue weighted by molar-refractivity contribution is 5.70. The summed E-state index contributed by atoms with van der Waals surface area (Å²) in [6, 6.07) is 18.7. The number of hydrogen-bond acceptors (Lipinski definition) is 4. The number of hydrogen-bond donors (Lipinski definition) is 1. The Labute approximate surface area is 202 Å². The van der Waals surface area contributed by atoms with Crippen LogP contribution in [-0.2, 0) is 22.5 Å². The zero-order valence-corrected chi connectivity index (χ0v) is 20.4. The molecule has 2 aromatic rings. The fourth-order valence-electron chi connectivity index (χ4n) is 4.97. The largest absolute Gasteiger partial charge is 0.481 e. The average molecular weight is 465 g/mol. The molecule has 2 aliphatic rings. The predicted octanol–water partition coefficient (Wildman–Crippen LogP) is 5.07. The molecule has 34 heavy (non-hydrogen) atoms. The Kier molecular flexibility index (Phi) is 7.27. The Bertz CT molecular complexity index is 976. The van der Waals surface area contributed by atoms with E-state index in [0.29, 0.717) is 5.92 Å². The van der Waals surface area contributed by atoms with Gasteiger partial charge in [-0.1, -0.05) is 54.6 Å². The molecule has 4 rings (SSSR count). The Balaban J connectivity index is 1.37. The van der Waals surface area contributed by atoms with E-state index in [-0.39, 0.29) is 24.6 Å². The molecule has 2 aromatic carbocycles. The van der Waals surface area contributed by atoms with Crippen LogP contribution < -0.4 is 0 Å². The second kappa shape index (κ2) is 10.2. The second-order valence-electron chi connectivity index (χ2n) is 10.6. The van der Waals surface area contributed by atoms with Gasteiger partial charge in [-0.2, -0.15) is 0 Å². The highest BCUT2D eigenvalue weighted by Crippen LogP contribution is 2.46. The van der Waals surface area contributed by atoms with Crippen molar-refractivity contribution in [3.8, 4) is 0 Å². The Morgan fingerprint density at radius 2 is 1.62 bits per heavy atom. The molecule has 6 heteroatoms. The molecule has 1 amide bonds. The molecule has 0 bridgehead atoms. The third kappa shape index (κ3) is 6.38. The van der Waals surface area contributed by atoms with Gasteiger partial charge in [-0.05, 0) is 56.7 Å². The third-order valence-corrected chi connectivity index (χ3v) is 6.68. The summed E-state index contributed by atoms with van der Waals surface area (Å²) in [5.74, 6) is -0.425. The van der Waals surface area contributed by atoms with Gasteiger partial charge in [-0.25, -0.2) is 4.79 Å². The van der Waals surface area contributed by atoms with E-state index in [1.165, 1.54) is 11.1 Å². The average Bonchev–Trinajstić information content (AvgIpc) is 3.56. The van der Waals surface area contributed by atoms with Crippen LogP contribution in [0.1, 0.15) is 62.6 Å². The molecular weight excluding hydrogens is 428 g/mol. The van der Waals surface area contributed by atoms with Crippen LogP contribution in [0.15, 0.2) is 54.6 Å². The van der Waals surface area contributed by atoms with Gasteiger partial charge in [0.05, 0.1) is 6.42 Å². The van der Waals surface area contributed by atoms with E-state index in [9.17, 15) is 9.59 Å². The van der Waals surface area contributed by atoms with Gasteiger partial charge < -0.3 is 14.7 Å². The lowest BCUT2D eigenvalue weighted by Crippen LogP contribution is -2.50. The van der Waals surface area contributed by atoms with Crippen LogP contribution in [0.5, 0.6) is 0 Å². The summed E-state index contributed by atoms with van der Waals surface area (Å²) in [5.41, 5.74) is 2.79. The Hall–Kier alpha value is -2.86. The minimum atomic E-state index is -0.811. The maximum Gasteiger partial charge on any atom is 0.410 e. The Morgan fingerprint density at radius 1 is 1.00 bits per heavy atom. The topological polar surface area (TPSA) is 70.1 Å². The number of carbonyl (C=O) groups is 2. The number of carbonyl (C=O) groups excluding carboxylic acids is 1. The molecule has 2 fully saturated rings. The van der Waals surface area contributed by atoms with Crippen molar-refractivity contribution in [2.75, 3.05) is 13.1 Å². The second-order valence-corrected chi connectivity index (χ2v) is 10.6. The van der Waals surface area contributed by atoms with Gasteiger partial charge in [0.2, 0.25) is 0 Å². The van der Waals surface area contributed by atoms with Gasteiger partial charge in [-0.3, -0.25) is 9.69 Å². The highest BCUT2D eigenvalue weighted by Gasteiger charge is 2.48. The summed E-state index contributed by atoms with van der Waals surface area (Å²) in [7, 11) is 0. The molecule has 1 saturated carbocycles. The fourth-order valence-corrected chi connectivity index (χ4v) is 4.97. The first-order valence-corrected chi connectivity index (χ1v) is 12.3. The van der Waals surface area contributed by atoms with Crippen LogP contribution in [0.3, 0.4) is 0 Å². The van der Waals surface area contributed by atoms with Crippen molar-refractivity contribution in [2.45, 2.75) is 76.6 Å². The van der Waals surface area contributed by atoms with Gasteiger partial charge in [0.1, 0.15) is 5.60 Å². The lowest BCUT2D eigenvalue weighted by atomic mass is 10.0. The minimum Gasteiger partial charge on any atom is -0.481 e. The first-order valence-electron chi connectivity index (χ1n) is 12.3. The number of piperidine rings is 1. The molecule has 2 atom stereocenters. The molecule has 0 spiro atoms. The number of benzene rings is 2. The van der Waals surface area contributed by atoms with Crippen molar-refractivity contribution < 1.29 is 19.4 Å². The van der Waals surface area contributed by atoms with Gasteiger partial charge in [0.15, 0.2) is 0 Å². The maximum absolute atomic E-state index is 13.2. The molecule has 182 valence electrons. The van der Waals surface area contributed by atoms with Crippen LogP contribution in [0, 0.1) is 0 Å². The number of carboxylic acid groups (broad SMARTS) is 1. The van der Waals surface area contributed by atoms with E-state index in [1.807, 2.05) is 56.0 Å². The number of rotatable bonds is 7. The zero-order chi connectivity index (χ0) is 24.3. The minimum absolute atomic E-state index is 0.0529. The molecule has 0 unspecified atom stereocenters. The van der Waals surface area contributed by atoms with E-state index in [1.54, 1.807) is 0 Å². The summed E-state index contributed by atoms with van der Waals surface area (Å²) >= 11 is 0. The number of ether oxygens (including phenoxy) is 1. The molecule has 1 saturated heterocycles. The van der Waals surface area contributed by atoms with Crippen LogP contribution in [-0.4, -0.2) is 57.7 Å². The normalized spacial score (nSPS) is 21.1. The summed E-state index contributed by atoms with van der Waals surface area (Å²) in [6.07, 6.45) is 2.70. The monoisotopic (exact) mass is 464 g/mol. The quantitative estimate of drug-likeness (QED) is 0.619. The van der Waals surface area contributed by atoms with Gasteiger partial charge in [0, 0.05) is 37.6 Å². The summed E-state index contributed by atoms with van der Waals surface area (Å²) in [6.45, 7) is 8.45. The van der Waals surface area contributed by atoms with Crippen molar-refractivity contribution >= 4 is 12.1 Å². The van der Waals surface area contributed by atoms with Gasteiger partial charge in [0.25, 0.3) is 0 Å². The predicted molar refractivity (Wildman–Crippen MR) is 132 cm³/mol. The van der Waals surface area contributed by atoms with Gasteiger partial charge >= 0.3 is 12.1 Å². The van der Waals surface area contributed by atoms with Crippen molar-refractivity contribution in [2.24, 2.45) is 0 Å². The van der Waals surface area contributed by atoms with Crippen molar-refractivity contribution in [3.63, 3.8) is 0 Å². The van der Waals surface area contributed by atoms with Crippen LogP contribution in [0.2, 0.25) is 0 Å². The summed E-state index contributed by atoms with van der Waals surface area (Å²) in [5, 5.41) is 8.95. The number of likely N-dealkylation sites (tertiary alicyclic amines) is 1. The molecule has 1 heterocycles. The highest BCUT2D eigenvalue weighted by atomic mass is 16.6. The molecule has 1 aliphatic heterocycles. The number of nitrogens with zero attached hydrogens (tertiary/aromatic N) is 2. The van der Waals surface area contributed by atoms with Crippen LogP contribution in [0.4, 0.5) is 4.79 Å². The molecule has 1 aliphatic carbocycles. The summed E-state index contributed by atoms with van der Waals surface area (Å²) in [4.78, 5) is 28.6. The van der Waals surface area contributed by atoms with E-state index in [0.717, 1.165) is 44.5 Å². The fraction of sp³-hybridized carbons (Fsp3) is 0.500. The van der Waals surface area contributed by atoms with Crippen molar-refractivity contribution in [1.29, 1.82) is 0 Å². The molecule has 0 radical (unpaired) electrons. The molecule has 0 aromatic heterocycles. The Morgan fingerprint density at radius 3 is 2.21 bits per heavy atom. The van der Waals surface area contributed by atoms with Crippen LogP contribution >= 0.6 is 0 Å². The summed E-state index contributed by atoms with van der Waals surface area (Å²) < 4.78 is 5.83. The number of aliphatic carboxylic acids is 1. The first-order chi connectivity index (χ1) is 16.2. The maximum atomic E-state index is 13.2. The van der Waals surface area contributed by atoms with Crippen molar-refractivity contribution in [3.05, 3.63) is 71.3 Å². The van der Waals surface area contributed by atoms with E-state index < -0.39 is 11.6 Å². The number of carboxylic acids is 1. The molecular formula is C28H36N2O4. The molecule has 1 N–H and O–H groups in total. The third-order valence-electron chi connectivity index (χ3n) is 6.68. The first kappa shape index (κ1) is 24.3. The van der Waals surface area contributed by atoms with E-state index in [2.05, 4.69) is 29.2 Å². The molecule has 6 nitrogen and oxygen atoms in total. The lowest BCUT2D eigenvalue weighted by Gasteiger charge is -2.39. The van der Waals surface area contributed by atoms with Crippen molar-refractivity contribution in [1.82, 2.24) is 9.80 Å². The van der Waals surface area contributed by atoms with E-state index in [4.69, 9.17) is 9.84 Å². The number of amides is 1.